The molecule has 1 aliphatic heterocycles. The van der Waals surface area contributed by atoms with Crippen LogP contribution in [0.4, 0.5) is 0 Å². The van der Waals surface area contributed by atoms with Crippen molar-refractivity contribution >= 4 is 73.2 Å². The first kappa shape index (κ1) is 21.9. The molecule has 0 N–H and O–H groups in total. The van der Waals surface area contributed by atoms with Crippen LogP contribution in [-0.2, 0) is 0 Å². The summed E-state index contributed by atoms with van der Waals surface area (Å²) in [6.07, 6.45) is 12.3. The predicted octanol–water partition coefficient (Wildman–Crippen LogP) is 9.72. The quantitative estimate of drug-likeness (QED) is 0.301. The summed E-state index contributed by atoms with van der Waals surface area (Å²) in [7, 11) is 0. The molecule has 0 bridgehead atoms. The van der Waals surface area contributed by atoms with Crippen molar-refractivity contribution in [2.45, 2.75) is 25.5 Å². The SMILES string of the molecule is Cc1ccc(C)c(-c2cc(/C=C/C3CC=C(Br)S3)ccc2/C=C/c2ccc(Br)s2)c1. The largest absolute Gasteiger partial charge is 0.129 e. The van der Waals surface area contributed by atoms with E-state index in [1.165, 1.54) is 42.1 Å². The highest BCUT2D eigenvalue weighted by atomic mass is 79.9. The molecule has 1 aromatic heterocycles. The van der Waals surface area contributed by atoms with Crippen molar-refractivity contribution in [3.63, 3.8) is 0 Å². The molecule has 2 heterocycles. The molecule has 1 unspecified atom stereocenters. The smallest absolute Gasteiger partial charge is 0.0704 e. The lowest BCUT2D eigenvalue weighted by Crippen LogP contribution is -1.91. The first-order valence-electron chi connectivity index (χ1n) is 9.83. The molecule has 4 heteroatoms. The molecule has 0 nitrogen and oxygen atoms in total. The minimum Gasteiger partial charge on any atom is -0.129 e. The Hall–Kier alpha value is -1.33. The predicted molar refractivity (Wildman–Crippen MR) is 144 cm³/mol. The maximum atomic E-state index is 3.59. The Morgan fingerprint density at radius 3 is 2.50 bits per heavy atom. The van der Waals surface area contributed by atoms with Crippen molar-refractivity contribution in [3.05, 3.63) is 95.4 Å². The van der Waals surface area contributed by atoms with Gasteiger partial charge in [0.2, 0.25) is 0 Å². The molecule has 30 heavy (non-hydrogen) atoms. The molecule has 0 aliphatic carbocycles. The van der Waals surface area contributed by atoms with Gasteiger partial charge in [0, 0.05) is 13.9 Å². The van der Waals surface area contributed by atoms with Gasteiger partial charge in [0.15, 0.2) is 0 Å². The highest BCUT2D eigenvalue weighted by Crippen LogP contribution is 2.37. The number of halogens is 2. The normalized spacial score (nSPS) is 16.7. The lowest BCUT2D eigenvalue weighted by Gasteiger charge is -2.12. The first-order valence-corrected chi connectivity index (χ1v) is 13.1. The molecule has 0 radical (unpaired) electrons. The van der Waals surface area contributed by atoms with Crippen molar-refractivity contribution in [2.24, 2.45) is 0 Å². The van der Waals surface area contributed by atoms with E-state index in [0.29, 0.717) is 5.25 Å². The first-order chi connectivity index (χ1) is 14.5. The second-order valence-electron chi connectivity index (χ2n) is 7.40. The van der Waals surface area contributed by atoms with Crippen LogP contribution in [0.3, 0.4) is 0 Å². The van der Waals surface area contributed by atoms with Crippen LogP contribution < -0.4 is 0 Å². The minimum absolute atomic E-state index is 0.514. The van der Waals surface area contributed by atoms with Gasteiger partial charge in [0.05, 0.1) is 3.79 Å². The molecule has 1 aliphatic rings. The lowest BCUT2D eigenvalue weighted by atomic mass is 9.92. The fourth-order valence-corrected chi connectivity index (χ4v) is 6.52. The van der Waals surface area contributed by atoms with Gasteiger partial charge in [-0.2, -0.15) is 0 Å². The van der Waals surface area contributed by atoms with E-state index in [1.807, 2.05) is 11.8 Å². The molecule has 4 rings (SSSR count). The van der Waals surface area contributed by atoms with Crippen LogP contribution in [-0.4, -0.2) is 5.25 Å². The Bertz CT molecular complexity index is 1150. The second kappa shape index (κ2) is 9.86. The summed E-state index contributed by atoms with van der Waals surface area (Å²) < 4.78 is 2.40. The van der Waals surface area contributed by atoms with E-state index < -0.39 is 0 Å². The summed E-state index contributed by atoms with van der Waals surface area (Å²) in [5.41, 5.74) is 7.65. The van der Waals surface area contributed by atoms with Gasteiger partial charge in [-0.05, 0) is 104 Å². The molecular weight excluding hydrogens is 536 g/mol. The standard InChI is InChI=1S/C26H22Br2S2/c1-17-3-4-18(2)23(15-17)24-16-19(6-9-21-11-13-25(27)29-21)5-7-20(24)8-10-22-12-14-26(28)30-22/h3-10,12-16,21H,11H2,1-2H3/b9-6+,10-8+. The average molecular weight is 558 g/mol. The molecular formula is C26H22Br2S2. The van der Waals surface area contributed by atoms with Gasteiger partial charge in [-0.25, -0.2) is 0 Å². The summed E-state index contributed by atoms with van der Waals surface area (Å²) in [4.78, 5) is 1.24. The fourth-order valence-electron chi connectivity index (χ4n) is 3.46. The number of aryl methyl sites for hydroxylation is 2. The zero-order valence-corrected chi connectivity index (χ0v) is 21.7. The van der Waals surface area contributed by atoms with E-state index in [-0.39, 0.29) is 0 Å². The van der Waals surface area contributed by atoms with Crippen LogP contribution in [0.5, 0.6) is 0 Å². The number of benzene rings is 2. The third-order valence-electron chi connectivity index (χ3n) is 5.06. The maximum absolute atomic E-state index is 3.59. The van der Waals surface area contributed by atoms with Crippen LogP contribution in [0.25, 0.3) is 29.4 Å². The van der Waals surface area contributed by atoms with E-state index in [4.69, 9.17) is 0 Å². The Balaban J connectivity index is 1.71. The third kappa shape index (κ3) is 5.47. The van der Waals surface area contributed by atoms with E-state index in [1.54, 1.807) is 11.3 Å². The molecule has 152 valence electrons. The molecule has 3 aromatic rings. The summed E-state index contributed by atoms with van der Waals surface area (Å²) in [5.74, 6) is 0. The lowest BCUT2D eigenvalue weighted by molar-refractivity contribution is 1.10. The average Bonchev–Trinajstić information content (AvgIpc) is 3.34. The van der Waals surface area contributed by atoms with Crippen LogP contribution in [0, 0.1) is 13.8 Å². The molecule has 1 atom stereocenters. The van der Waals surface area contributed by atoms with Crippen LogP contribution >= 0.6 is 55.0 Å². The maximum Gasteiger partial charge on any atom is 0.0704 e. The molecule has 0 saturated carbocycles. The minimum atomic E-state index is 0.514. The summed E-state index contributed by atoms with van der Waals surface area (Å²) in [6, 6.07) is 17.7. The molecule has 0 fully saturated rings. The molecule has 0 amide bonds. The number of hydrogen-bond acceptors (Lipinski definition) is 2. The van der Waals surface area contributed by atoms with Crippen molar-refractivity contribution in [1.82, 2.24) is 0 Å². The molecule has 0 spiro atoms. The monoisotopic (exact) mass is 556 g/mol. The highest BCUT2D eigenvalue weighted by Gasteiger charge is 2.13. The fraction of sp³-hybridized carbons (Fsp3) is 0.154. The van der Waals surface area contributed by atoms with Gasteiger partial charge >= 0.3 is 0 Å². The van der Waals surface area contributed by atoms with E-state index in [0.717, 1.165) is 10.2 Å². The highest BCUT2D eigenvalue weighted by molar-refractivity contribution is 9.14. The zero-order chi connectivity index (χ0) is 21.1. The number of thioether (sulfide) groups is 1. The van der Waals surface area contributed by atoms with Crippen LogP contribution in [0.2, 0.25) is 0 Å². The van der Waals surface area contributed by atoms with Crippen molar-refractivity contribution < 1.29 is 0 Å². The number of hydrogen-bond donors (Lipinski definition) is 0. The van der Waals surface area contributed by atoms with Gasteiger partial charge < -0.3 is 0 Å². The number of rotatable bonds is 5. The summed E-state index contributed by atoms with van der Waals surface area (Å²) in [6.45, 7) is 4.35. The Labute approximate surface area is 204 Å². The number of thiophene rings is 1. The van der Waals surface area contributed by atoms with Gasteiger partial charge in [-0.1, -0.05) is 60.2 Å². The van der Waals surface area contributed by atoms with Gasteiger partial charge in [-0.15, -0.1) is 23.1 Å². The van der Waals surface area contributed by atoms with Crippen molar-refractivity contribution in [3.8, 4) is 11.1 Å². The zero-order valence-electron chi connectivity index (χ0n) is 16.9. The Morgan fingerprint density at radius 2 is 1.77 bits per heavy atom. The molecule has 0 saturated heterocycles. The number of allylic oxidation sites excluding steroid dienone is 1. The van der Waals surface area contributed by atoms with Crippen molar-refractivity contribution in [1.29, 1.82) is 0 Å². The van der Waals surface area contributed by atoms with Gasteiger partial charge in [-0.3, -0.25) is 0 Å². The van der Waals surface area contributed by atoms with Crippen LogP contribution in [0.15, 0.2) is 68.3 Å². The van der Waals surface area contributed by atoms with Gasteiger partial charge in [0.1, 0.15) is 0 Å². The molecule has 2 aromatic carbocycles. The summed E-state index contributed by atoms with van der Waals surface area (Å²) >= 11 is 10.8. The Morgan fingerprint density at radius 1 is 0.900 bits per heavy atom. The van der Waals surface area contributed by atoms with Crippen LogP contribution in [0.1, 0.15) is 33.6 Å². The third-order valence-corrected chi connectivity index (χ3v) is 8.58. The van der Waals surface area contributed by atoms with Gasteiger partial charge in [0.25, 0.3) is 0 Å². The van der Waals surface area contributed by atoms with Crippen molar-refractivity contribution in [2.75, 3.05) is 0 Å². The topological polar surface area (TPSA) is 0 Å². The Kier molecular flexibility index (Phi) is 7.20. The summed E-state index contributed by atoms with van der Waals surface area (Å²) in [5, 5.41) is 0.514. The second-order valence-corrected chi connectivity index (χ2v) is 12.6. The van der Waals surface area contributed by atoms with E-state index >= 15 is 0 Å². The van der Waals surface area contributed by atoms with E-state index in [2.05, 4.69) is 125 Å². The van der Waals surface area contributed by atoms with E-state index in [9.17, 15) is 0 Å².